The van der Waals surface area contributed by atoms with E-state index in [2.05, 4.69) is 27.7 Å². The van der Waals surface area contributed by atoms with Gasteiger partial charge < -0.3 is 33.6 Å². The van der Waals surface area contributed by atoms with Crippen LogP contribution in [-0.2, 0) is 25.4 Å². The number of halogens is 1. The highest BCUT2D eigenvalue weighted by molar-refractivity contribution is 5.66. The predicted octanol–water partition coefficient (Wildman–Crippen LogP) is 5.48. The second-order valence-corrected chi connectivity index (χ2v) is 11.8. The number of hydrogen-bond acceptors (Lipinski definition) is 8. The lowest BCUT2D eigenvalue weighted by Crippen LogP contribution is -2.50. The summed E-state index contributed by atoms with van der Waals surface area (Å²) in [4.78, 5) is 12.5. The molecule has 3 saturated heterocycles. The third-order valence-electron chi connectivity index (χ3n) is 8.89. The molecule has 3 aliphatic rings. The Bertz CT molecular complexity index is 1100. The van der Waals surface area contributed by atoms with Gasteiger partial charge in [-0.1, -0.05) is 13.0 Å². The van der Waals surface area contributed by atoms with E-state index in [1.807, 2.05) is 18.3 Å². The van der Waals surface area contributed by atoms with Gasteiger partial charge in [-0.05, 0) is 69.2 Å². The zero-order chi connectivity index (χ0) is 29.7. The topological polar surface area (TPSA) is 59.5 Å². The van der Waals surface area contributed by atoms with Gasteiger partial charge in [0.05, 0.1) is 58.3 Å². The van der Waals surface area contributed by atoms with Crippen molar-refractivity contribution < 1.29 is 23.3 Å². The van der Waals surface area contributed by atoms with Crippen LogP contribution in [0.15, 0.2) is 36.5 Å². The number of fused-ring (bicyclic) bond motifs is 1. The van der Waals surface area contributed by atoms with Crippen molar-refractivity contribution in [3.8, 4) is 0 Å². The number of ether oxygens (including phenoxy) is 4. The quantitative estimate of drug-likeness (QED) is 0.222. The summed E-state index contributed by atoms with van der Waals surface area (Å²) in [6, 6.07) is 10.0. The molecular weight excluding hydrogens is 547 g/mol. The zero-order valence-electron chi connectivity index (χ0n) is 26.1. The lowest BCUT2D eigenvalue weighted by molar-refractivity contribution is -0.00139. The first-order valence-corrected chi connectivity index (χ1v) is 16.6. The van der Waals surface area contributed by atoms with E-state index in [9.17, 15) is 4.39 Å². The summed E-state index contributed by atoms with van der Waals surface area (Å²) >= 11 is 0. The lowest BCUT2D eigenvalue weighted by Gasteiger charge is -2.42. The molecule has 238 valence electrons. The van der Waals surface area contributed by atoms with Crippen molar-refractivity contribution in [3.63, 3.8) is 0 Å². The third-order valence-corrected chi connectivity index (χ3v) is 8.89. The van der Waals surface area contributed by atoms with E-state index < -0.39 is 0 Å². The van der Waals surface area contributed by atoms with Crippen molar-refractivity contribution >= 4 is 17.2 Å². The summed E-state index contributed by atoms with van der Waals surface area (Å²) < 4.78 is 36.9. The van der Waals surface area contributed by atoms with Crippen LogP contribution >= 0.6 is 0 Å². The van der Waals surface area contributed by atoms with E-state index in [4.69, 9.17) is 23.9 Å². The van der Waals surface area contributed by atoms with Crippen LogP contribution in [0.25, 0.3) is 0 Å². The second kappa shape index (κ2) is 17.1. The number of nitrogens with zero attached hydrogens (tertiary/aromatic N) is 4. The number of hydrogen-bond donors (Lipinski definition) is 0. The van der Waals surface area contributed by atoms with Crippen molar-refractivity contribution in [2.75, 3.05) is 93.7 Å². The van der Waals surface area contributed by atoms with Crippen LogP contribution < -0.4 is 14.7 Å². The largest absolute Gasteiger partial charge is 0.379 e. The predicted molar refractivity (Wildman–Crippen MR) is 170 cm³/mol. The normalized spacial score (nSPS) is 20.6. The van der Waals surface area contributed by atoms with Crippen LogP contribution in [0, 0.1) is 5.82 Å². The Kier molecular flexibility index (Phi) is 12.7. The Labute approximate surface area is 257 Å². The molecule has 0 bridgehead atoms. The van der Waals surface area contributed by atoms with Crippen LogP contribution in [-0.4, -0.2) is 96.1 Å². The van der Waals surface area contributed by atoms with Crippen molar-refractivity contribution in [1.82, 2.24) is 4.98 Å². The molecule has 1 aromatic carbocycles. The van der Waals surface area contributed by atoms with Gasteiger partial charge in [-0.2, -0.15) is 0 Å². The third kappa shape index (κ3) is 8.81. The van der Waals surface area contributed by atoms with Crippen LogP contribution in [0.4, 0.5) is 21.6 Å². The lowest BCUT2D eigenvalue weighted by atomic mass is 9.95. The summed E-state index contributed by atoms with van der Waals surface area (Å²) in [6.07, 6.45) is 10.9. The molecule has 2 atom stereocenters. The minimum Gasteiger partial charge on any atom is -0.379 e. The number of anilines is 3. The molecule has 3 fully saturated rings. The fourth-order valence-corrected chi connectivity index (χ4v) is 6.89. The van der Waals surface area contributed by atoms with E-state index in [-0.39, 0.29) is 5.82 Å². The summed E-state index contributed by atoms with van der Waals surface area (Å²) in [5.74, 6) is 0.941. The highest BCUT2D eigenvalue weighted by Gasteiger charge is 2.41. The van der Waals surface area contributed by atoms with Crippen molar-refractivity contribution in [2.24, 2.45) is 0 Å². The van der Waals surface area contributed by atoms with Gasteiger partial charge in [0, 0.05) is 62.3 Å². The molecule has 0 spiro atoms. The van der Waals surface area contributed by atoms with Crippen molar-refractivity contribution in [2.45, 2.75) is 70.4 Å². The molecule has 1 aromatic heterocycles. The van der Waals surface area contributed by atoms with Gasteiger partial charge in [0.15, 0.2) is 0 Å². The molecule has 0 aliphatic carbocycles. The minimum atomic E-state index is -0.167. The molecule has 0 radical (unpaired) electrons. The Hall–Kier alpha value is -2.46. The summed E-state index contributed by atoms with van der Waals surface area (Å²) in [7, 11) is 0. The van der Waals surface area contributed by atoms with Gasteiger partial charge in [-0.25, -0.2) is 9.37 Å². The fraction of sp³-hybridized carbons (Fsp3) is 0.676. The number of rotatable bonds is 17. The van der Waals surface area contributed by atoms with Gasteiger partial charge in [0.1, 0.15) is 11.6 Å². The maximum absolute atomic E-state index is 14.1. The molecule has 4 heterocycles. The molecule has 2 unspecified atom stereocenters. The molecule has 2 aromatic rings. The Morgan fingerprint density at radius 1 is 0.744 bits per heavy atom. The first kappa shape index (κ1) is 31.9. The SMILES string of the molecule is CCCOCCOCCOCCOCCc1c(N2CCCCC2)ccnc1N1CCC2C1CCCN2c1cccc(F)c1. The number of benzene rings is 1. The van der Waals surface area contributed by atoms with Gasteiger partial charge in [0.25, 0.3) is 0 Å². The van der Waals surface area contributed by atoms with Gasteiger partial charge in [0.2, 0.25) is 0 Å². The molecule has 0 N–H and O–H groups in total. The fourth-order valence-electron chi connectivity index (χ4n) is 6.89. The Morgan fingerprint density at radius 2 is 1.44 bits per heavy atom. The van der Waals surface area contributed by atoms with Gasteiger partial charge in [-0.3, -0.25) is 0 Å². The maximum atomic E-state index is 14.1. The van der Waals surface area contributed by atoms with Crippen LogP contribution in [0.5, 0.6) is 0 Å². The van der Waals surface area contributed by atoms with E-state index in [0.717, 1.165) is 76.4 Å². The highest BCUT2D eigenvalue weighted by Crippen LogP contribution is 2.39. The monoisotopic (exact) mass is 598 g/mol. The summed E-state index contributed by atoms with van der Waals surface area (Å²) in [5.41, 5.74) is 3.60. The minimum absolute atomic E-state index is 0.167. The zero-order valence-corrected chi connectivity index (χ0v) is 26.1. The summed E-state index contributed by atoms with van der Waals surface area (Å²) in [5, 5.41) is 0. The maximum Gasteiger partial charge on any atom is 0.134 e. The molecule has 0 saturated carbocycles. The molecule has 9 heteroatoms. The second-order valence-electron chi connectivity index (χ2n) is 11.8. The average molecular weight is 599 g/mol. The molecule has 8 nitrogen and oxygen atoms in total. The smallest absolute Gasteiger partial charge is 0.134 e. The summed E-state index contributed by atoms with van der Waals surface area (Å²) in [6.45, 7) is 11.1. The first-order valence-electron chi connectivity index (χ1n) is 16.6. The van der Waals surface area contributed by atoms with Gasteiger partial charge >= 0.3 is 0 Å². The standard InChI is InChI=1S/C34H51FN4O4/c1-2-19-40-21-23-42-25-26-43-24-22-41-20-13-30-31(37-15-4-3-5-16-37)11-14-36-34(30)39-18-12-33-32(39)10-7-17-38(33)29-9-6-8-28(35)27-29/h6,8-9,11,14,27,32-33H,2-5,7,10,12-13,15-26H2,1H3. The van der Waals surface area contributed by atoms with Crippen LogP contribution in [0.1, 0.15) is 57.4 Å². The molecule has 5 rings (SSSR count). The number of pyridine rings is 1. The van der Waals surface area contributed by atoms with Crippen molar-refractivity contribution in [3.05, 3.63) is 47.9 Å². The average Bonchev–Trinajstić information content (AvgIpc) is 3.48. The molecule has 0 amide bonds. The van der Waals surface area contributed by atoms with E-state index >= 15 is 0 Å². The number of aromatic nitrogens is 1. The Morgan fingerprint density at radius 3 is 2.16 bits per heavy atom. The van der Waals surface area contributed by atoms with Gasteiger partial charge in [-0.15, -0.1) is 0 Å². The van der Waals surface area contributed by atoms with E-state index in [1.165, 1.54) is 36.6 Å². The Balaban J connectivity index is 1.18. The molecule has 43 heavy (non-hydrogen) atoms. The van der Waals surface area contributed by atoms with Crippen molar-refractivity contribution in [1.29, 1.82) is 0 Å². The molecule has 3 aliphatic heterocycles. The van der Waals surface area contributed by atoms with Crippen LogP contribution in [0.2, 0.25) is 0 Å². The van der Waals surface area contributed by atoms with E-state index in [0.29, 0.717) is 58.3 Å². The molecular formula is C34H51FN4O4. The van der Waals surface area contributed by atoms with Crippen LogP contribution in [0.3, 0.4) is 0 Å². The highest BCUT2D eigenvalue weighted by atomic mass is 19.1. The van der Waals surface area contributed by atoms with E-state index in [1.54, 1.807) is 6.07 Å². The first-order chi connectivity index (χ1) is 21.3. The number of piperidine rings is 2.